The molecule has 0 radical (unpaired) electrons. The summed E-state index contributed by atoms with van der Waals surface area (Å²) in [6, 6.07) is 7.38. The minimum atomic E-state index is -0.286. The minimum Gasteiger partial charge on any atom is -0.395 e. The number of carbonyl (C=O) groups excluding carboxylic acids is 1. The average molecular weight is 339 g/mol. The van der Waals surface area contributed by atoms with E-state index in [4.69, 9.17) is 5.11 Å². The molecule has 0 saturated heterocycles. The number of benzene rings is 1. The Labute approximate surface area is 125 Å². The molecule has 1 heterocycles. The van der Waals surface area contributed by atoms with Gasteiger partial charge >= 0.3 is 6.03 Å². The number of amides is 2. The van der Waals surface area contributed by atoms with Gasteiger partial charge in [-0.1, -0.05) is 12.1 Å². The molecule has 0 saturated carbocycles. The SMILES string of the molecule is CN(CCO)C(=O)Nc1cnn(-c2ccccc2Br)c1. The van der Waals surface area contributed by atoms with Crippen LogP contribution in [0.4, 0.5) is 10.5 Å². The lowest BCUT2D eigenvalue weighted by atomic mass is 10.3. The molecular weight excluding hydrogens is 324 g/mol. The summed E-state index contributed by atoms with van der Waals surface area (Å²) < 4.78 is 2.59. The van der Waals surface area contributed by atoms with E-state index < -0.39 is 0 Å². The van der Waals surface area contributed by atoms with Crippen molar-refractivity contribution in [2.24, 2.45) is 0 Å². The second kappa shape index (κ2) is 6.53. The van der Waals surface area contributed by atoms with E-state index in [-0.39, 0.29) is 19.2 Å². The highest BCUT2D eigenvalue weighted by Gasteiger charge is 2.10. The molecule has 0 atom stereocenters. The fourth-order valence-corrected chi connectivity index (χ4v) is 2.09. The maximum Gasteiger partial charge on any atom is 0.321 e. The van der Waals surface area contributed by atoms with Gasteiger partial charge in [0.25, 0.3) is 0 Å². The number of aromatic nitrogens is 2. The van der Waals surface area contributed by atoms with Crippen molar-refractivity contribution in [3.63, 3.8) is 0 Å². The molecule has 2 amide bonds. The summed E-state index contributed by atoms with van der Waals surface area (Å²) in [6.45, 7) is 0.213. The van der Waals surface area contributed by atoms with Crippen LogP contribution in [-0.2, 0) is 0 Å². The number of aliphatic hydroxyl groups is 1. The zero-order valence-electron chi connectivity index (χ0n) is 11.0. The first-order valence-corrected chi connectivity index (χ1v) is 6.83. The number of hydrogen-bond donors (Lipinski definition) is 2. The van der Waals surface area contributed by atoms with E-state index in [2.05, 4.69) is 26.3 Å². The molecular formula is C13H15BrN4O2. The number of nitrogens with zero attached hydrogens (tertiary/aromatic N) is 3. The predicted octanol–water partition coefficient (Wildman–Crippen LogP) is 2.09. The Morgan fingerprint density at radius 3 is 2.95 bits per heavy atom. The summed E-state index contributed by atoms with van der Waals surface area (Å²) in [5, 5.41) is 15.7. The zero-order valence-corrected chi connectivity index (χ0v) is 12.5. The van der Waals surface area contributed by atoms with Gasteiger partial charge in [-0.15, -0.1) is 0 Å². The summed E-state index contributed by atoms with van der Waals surface area (Å²) in [6.07, 6.45) is 3.30. The third-order valence-electron chi connectivity index (χ3n) is 2.72. The average Bonchev–Trinajstić information content (AvgIpc) is 2.87. The van der Waals surface area contributed by atoms with Crippen molar-refractivity contribution < 1.29 is 9.90 Å². The van der Waals surface area contributed by atoms with Gasteiger partial charge in [-0.3, -0.25) is 0 Å². The monoisotopic (exact) mass is 338 g/mol. The standard InChI is InChI=1S/C13H15BrN4O2/c1-17(6-7-19)13(20)16-10-8-15-18(9-10)12-5-3-2-4-11(12)14/h2-5,8-9,19H,6-7H2,1H3,(H,16,20). The van der Waals surface area contributed by atoms with Crippen LogP contribution < -0.4 is 5.32 Å². The lowest BCUT2D eigenvalue weighted by Gasteiger charge is -2.15. The topological polar surface area (TPSA) is 70.4 Å². The lowest BCUT2D eigenvalue weighted by Crippen LogP contribution is -2.33. The number of likely N-dealkylation sites (N-methyl/N-ethyl adjacent to an activating group) is 1. The van der Waals surface area contributed by atoms with Crippen LogP contribution in [0, 0.1) is 0 Å². The van der Waals surface area contributed by atoms with Gasteiger partial charge in [-0.2, -0.15) is 5.10 Å². The Morgan fingerprint density at radius 1 is 1.50 bits per heavy atom. The Morgan fingerprint density at radius 2 is 2.25 bits per heavy atom. The second-order valence-electron chi connectivity index (χ2n) is 4.20. The van der Waals surface area contributed by atoms with Crippen molar-refractivity contribution in [2.75, 3.05) is 25.5 Å². The van der Waals surface area contributed by atoms with E-state index in [1.807, 2.05) is 24.3 Å². The van der Waals surface area contributed by atoms with Gasteiger partial charge in [0.2, 0.25) is 0 Å². The minimum absolute atomic E-state index is 0.0693. The van der Waals surface area contributed by atoms with Crippen LogP contribution in [0.25, 0.3) is 5.69 Å². The molecule has 2 rings (SSSR count). The van der Waals surface area contributed by atoms with Gasteiger partial charge in [0.15, 0.2) is 0 Å². The Kier molecular flexibility index (Phi) is 4.75. The van der Waals surface area contributed by atoms with Crippen LogP contribution in [-0.4, -0.2) is 46.0 Å². The fourth-order valence-electron chi connectivity index (χ4n) is 1.63. The molecule has 0 spiro atoms. The second-order valence-corrected chi connectivity index (χ2v) is 5.05. The van der Waals surface area contributed by atoms with Gasteiger partial charge in [-0.25, -0.2) is 9.48 Å². The fraction of sp³-hybridized carbons (Fsp3) is 0.231. The maximum absolute atomic E-state index is 11.8. The number of hydrogen-bond acceptors (Lipinski definition) is 3. The molecule has 7 heteroatoms. The van der Waals surface area contributed by atoms with E-state index in [0.717, 1.165) is 10.2 Å². The summed E-state index contributed by atoms with van der Waals surface area (Å²) >= 11 is 3.45. The summed E-state index contributed by atoms with van der Waals surface area (Å²) in [4.78, 5) is 13.2. The van der Waals surface area contributed by atoms with E-state index in [1.165, 1.54) is 4.90 Å². The highest BCUT2D eigenvalue weighted by molar-refractivity contribution is 9.10. The number of rotatable bonds is 4. The normalized spacial score (nSPS) is 10.3. The molecule has 2 aromatic rings. The molecule has 0 aliphatic heterocycles. The first-order valence-electron chi connectivity index (χ1n) is 6.04. The van der Waals surface area contributed by atoms with Crippen LogP contribution in [0.5, 0.6) is 0 Å². The molecule has 0 aliphatic carbocycles. The van der Waals surface area contributed by atoms with Crippen LogP contribution in [0.15, 0.2) is 41.1 Å². The van der Waals surface area contributed by atoms with Gasteiger partial charge in [0.05, 0.1) is 30.4 Å². The molecule has 0 bridgehead atoms. The van der Waals surface area contributed by atoms with Gasteiger partial charge in [0, 0.05) is 18.1 Å². The van der Waals surface area contributed by atoms with Crippen molar-refractivity contribution in [3.8, 4) is 5.69 Å². The van der Waals surface area contributed by atoms with Gasteiger partial charge < -0.3 is 15.3 Å². The summed E-state index contributed by atoms with van der Waals surface area (Å²) in [7, 11) is 1.61. The zero-order chi connectivity index (χ0) is 14.5. The van der Waals surface area contributed by atoms with Crippen LogP contribution in [0.2, 0.25) is 0 Å². The van der Waals surface area contributed by atoms with Crippen molar-refractivity contribution in [2.45, 2.75) is 0 Å². The molecule has 2 N–H and O–H groups in total. The van der Waals surface area contributed by atoms with Crippen LogP contribution in [0.3, 0.4) is 0 Å². The number of carbonyl (C=O) groups is 1. The third-order valence-corrected chi connectivity index (χ3v) is 3.39. The molecule has 1 aromatic heterocycles. The van der Waals surface area contributed by atoms with Crippen molar-refractivity contribution in [1.29, 1.82) is 0 Å². The molecule has 20 heavy (non-hydrogen) atoms. The largest absolute Gasteiger partial charge is 0.395 e. The molecule has 1 aromatic carbocycles. The molecule has 0 unspecified atom stereocenters. The van der Waals surface area contributed by atoms with E-state index in [1.54, 1.807) is 24.1 Å². The van der Waals surface area contributed by atoms with E-state index in [0.29, 0.717) is 5.69 Å². The van der Waals surface area contributed by atoms with Crippen molar-refractivity contribution >= 4 is 27.6 Å². The molecule has 0 fully saturated rings. The van der Waals surface area contributed by atoms with E-state index in [9.17, 15) is 4.79 Å². The molecule has 0 aliphatic rings. The van der Waals surface area contributed by atoms with Gasteiger partial charge in [-0.05, 0) is 28.1 Å². The van der Waals surface area contributed by atoms with Crippen LogP contribution in [0.1, 0.15) is 0 Å². The number of aliphatic hydroxyl groups excluding tert-OH is 1. The lowest BCUT2D eigenvalue weighted by molar-refractivity contribution is 0.202. The Balaban J connectivity index is 2.10. The number of anilines is 1. The highest BCUT2D eigenvalue weighted by Crippen LogP contribution is 2.21. The first kappa shape index (κ1) is 14.5. The number of nitrogens with one attached hydrogen (secondary N) is 1. The molecule has 6 nitrogen and oxygen atoms in total. The quantitative estimate of drug-likeness (QED) is 0.896. The van der Waals surface area contributed by atoms with Crippen molar-refractivity contribution in [3.05, 3.63) is 41.1 Å². The highest BCUT2D eigenvalue weighted by atomic mass is 79.9. The third kappa shape index (κ3) is 3.37. The first-order chi connectivity index (χ1) is 9.61. The maximum atomic E-state index is 11.8. The summed E-state index contributed by atoms with van der Waals surface area (Å²) in [5.74, 6) is 0. The van der Waals surface area contributed by atoms with Crippen LogP contribution >= 0.6 is 15.9 Å². The number of halogens is 1. The molecule has 106 valence electrons. The van der Waals surface area contributed by atoms with Crippen molar-refractivity contribution in [1.82, 2.24) is 14.7 Å². The van der Waals surface area contributed by atoms with E-state index >= 15 is 0 Å². The number of para-hydroxylation sites is 1. The Bertz CT molecular complexity index is 600. The Hall–Kier alpha value is -1.86. The predicted molar refractivity (Wildman–Crippen MR) is 80.0 cm³/mol. The smallest absolute Gasteiger partial charge is 0.321 e. The summed E-state index contributed by atoms with van der Waals surface area (Å²) in [5.41, 5.74) is 1.48. The van der Waals surface area contributed by atoms with Gasteiger partial charge in [0.1, 0.15) is 0 Å². The number of urea groups is 1.